The summed E-state index contributed by atoms with van der Waals surface area (Å²) in [6.45, 7) is 10.4. The summed E-state index contributed by atoms with van der Waals surface area (Å²) in [5.74, 6) is 0.403. The molecule has 5 nitrogen and oxygen atoms in total. The maximum absolute atomic E-state index is 12.8. The Bertz CT molecular complexity index is 974. The fraction of sp³-hybridized carbons (Fsp3) is 0.409. The van der Waals surface area contributed by atoms with Gasteiger partial charge in [-0.05, 0) is 31.9 Å². The van der Waals surface area contributed by atoms with Gasteiger partial charge in [0.05, 0.1) is 4.91 Å². The van der Waals surface area contributed by atoms with Crippen LogP contribution in [0, 0.1) is 5.92 Å². The van der Waals surface area contributed by atoms with E-state index in [1.807, 2.05) is 59.9 Å². The quantitative estimate of drug-likeness (QED) is 0.484. The second-order valence-electron chi connectivity index (χ2n) is 7.48. The van der Waals surface area contributed by atoms with Crippen molar-refractivity contribution in [3.8, 4) is 0 Å². The molecule has 1 saturated heterocycles. The molecule has 29 heavy (non-hydrogen) atoms. The summed E-state index contributed by atoms with van der Waals surface area (Å²) in [5, 5.41) is 1.02. The van der Waals surface area contributed by atoms with Crippen LogP contribution < -0.4 is 0 Å². The number of carbonyl (C=O) groups is 2. The number of amides is 2. The van der Waals surface area contributed by atoms with E-state index in [1.54, 1.807) is 4.90 Å². The molecule has 2 aromatic rings. The number of thiocarbonyl (C=S) groups is 1. The molecule has 0 unspecified atom stereocenters. The lowest BCUT2D eigenvalue weighted by molar-refractivity contribution is -0.131. The smallest absolute Gasteiger partial charge is 0.266 e. The molecule has 0 atom stereocenters. The Morgan fingerprint density at radius 2 is 1.93 bits per heavy atom. The van der Waals surface area contributed by atoms with Gasteiger partial charge in [-0.25, -0.2) is 0 Å². The number of para-hydroxylation sites is 1. The number of carbonyl (C=O) groups excluding carboxylic acids is 2. The first-order valence-corrected chi connectivity index (χ1v) is 11.2. The zero-order valence-corrected chi connectivity index (χ0v) is 19.0. The van der Waals surface area contributed by atoms with Crippen LogP contribution in [-0.4, -0.2) is 50.1 Å². The van der Waals surface area contributed by atoms with E-state index in [0.29, 0.717) is 34.8 Å². The number of fused-ring (bicyclic) bond motifs is 1. The highest BCUT2D eigenvalue weighted by atomic mass is 32.2. The molecule has 0 spiro atoms. The fourth-order valence-corrected chi connectivity index (χ4v) is 4.77. The maximum Gasteiger partial charge on any atom is 0.266 e. The molecule has 1 aliphatic heterocycles. The summed E-state index contributed by atoms with van der Waals surface area (Å²) in [7, 11) is 0. The Balaban J connectivity index is 1.95. The standard InChI is InChI=1S/C22H27N3O2S2/c1-5-23(6-2)20(26)14-24-13-16(17-9-7-8-10-18(17)24)11-19-21(27)25(12-15(3)4)22(28)29-19/h7-11,13,15H,5-6,12,14H2,1-4H3/b19-11-. The minimum Gasteiger partial charge on any atom is -0.342 e. The van der Waals surface area contributed by atoms with Crippen molar-refractivity contribution in [1.82, 2.24) is 14.4 Å². The van der Waals surface area contributed by atoms with E-state index in [4.69, 9.17) is 12.2 Å². The zero-order valence-electron chi connectivity index (χ0n) is 17.3. The van der Waals surface area contributed by atoms with Gasteiger partial charge in [0.1, 0.15) is 10.9 Å². The van der Waals surface area contributed by atoms with Crippen molar-refractivity contribution in [2.45, 2.75) is 34.2 Å². The molecule has 3 rings (SSSR count). The number of thioether (sulfide) groups is 1. The molecule has 0 bridgehead atoms. The summed E-state index contributed by atoms with van der Waals surface area (Å²) in [6.07, 6.45) is 3.86. The number of rotatable bonds is 7. The maximum atomic E-state index is 12.8. The minimum atomic E-state index is -0.0373. The highest BCUT2D eigenvalue weighted by Crippen LogP contribution is 2.34. The topological polar surface area (TPSA) is 45.6 Å². The number of nitrogens with zero attached hydrogens (tertiary/aromatic N) is 3. The largest absolute Gasteiger partial charge is 0.342 e. The molecular weight excluding hydrogens is 402 g/mol. The van der Waals surface area contributed by atoms with Crippen molar-refractivity contribution in [3.63, 3.8) is 0 Å². The van der Waals surface area contributed by atoms with Crippen molar-refractivity contribution in [3.05, 3.63) is 40.9 Å². The molecule has 1 aliphatic rings. The Morgan fingerprint density at radius 1 is 1.24 bits per heavy atom. The lowest BCUT2D eigenvalue weighted by atomic mass is 10.1. The lowest BCUT2D eigenvalue weighted by Crippen LogP contribution is -2.33. The summed E-state index contributed by atoms with van der Waals surface area (Å²) in [6, 6.07) is 7.97. The van der Waals surface area contributed by atoms with E-state index in [9.17, 15) is 9.59 Å². The Labute approximate surface area is 181 Å². The van der Waals surface area contributed by atoms with E-state index in [1.165, 1.54) is 11.8 Å². The molecule has 2 amide bonds. The third-order valence-electron chi connectivity index (χ3n) is 4.95. The molecule has 154 valence electrons. The zero-order chi connectivity index (χ0) is 21.1. The van der Waals surface area contributed by atoms with Gasteiger partial charge in [0.15, 0.2) is 0 Å². The number of hydrogen-bond donors (Lipinski definition) is 0. The predicted molar refractivity (Wildman–Crippen MR) is 125 cm³/mol. The normalized spacial score (nSPS) is 15.9. The number of aromatic nitrogens is 1. The molecule has 0 saturated carbocycles. The SMILES string of the molecule is CCN(CC)C(=O)Cn1cc(/C=C2\SC(=S)N(CC(C)C)C2=O)c2ccccc21. The van der Waals surface area contributed by atoms with Crippen molar-refractivity contribution in [2.75, 3.05) is 19.6 Å². The van der Waals surface area contributed by atoms with Crippen LogP contribution in [0.5, 0.6) is 0 Å². The Hall–Kier alpha value is -2.12. The number of benzene rings is 1. The van der Waals surface area contributed by atoms with E-state index in [0.717, 1.165) is 16.5 Å². The molecule has 0 aliphatic carbocycles. The first-order chi connectivity index (χ1) is 13.8. The van der Waals surface area contributed by atoms with E-state index in [2.05, 4.69) is 13.8 Å². The van der Waals surface area contributed by atoms with Gasteiger partial charge in [0.2, 0.25) is 5.91 Å². The van der Waals surface area contributed by atoms with Crippen LogP contribution in [0.4, 0.5) is 0 Å². The van der Waals surface area contributed by atoms with E-state index >= 15 is 0 Å². The van der Waals surface area contributed by atoms with Gasteiger partial charge in [-0.15, -0.1) is 0 Å². The van der Waals surface area contributed by atoms with Crippen LogP contribution in [0.25, 0.3) is 17.0 Å². The summed E-state index contributed by atoms with van der Waals surface area (Å²) < 4.78 is 2.58. The second-order valence-corrected chi connectivity index (χ2v) is 9.16. The Morgan fingerprint density at radius 3 is 2.59 bits per heavy atom. The third kappa shape index (κ3) is 4.56. The van der Waals surface area contributed by atoms with Gasteiger partial charge < -0.3 is 9.47 Å². The molecule has 2 heterocycles. The van der Waals surface area contributed by atoms with Gasteiger partial charge in [-0.2, -0.15) is 0 Å². The van der Waals surface area contributed by atoms with Gasteiger partial charge >= 0.3 is 0 Å². The predicted octanol–water partition coefficient (Wildman–Crippen LogP) is 4.37. The Kier molecular flexibility index (Phi) is 6.80. The number of likely N-dealkylation sites (N-methyl/N-ethyl adjacent to an activating group) is 1. The van der Waals surface area contributed by atoms with Crippen LogP contribution in [0.3, 0.4) is 0 Å². The van der Waals surface area contributed by atoms with Crippen molar-refractivity contribution in [1.29, 1.82) is 0 Å². The first kappa shape index (κ1) is 21.6. The van der Waals surface area contributed by atoms with Crippen LogP contribution in [-0.2, 0) is 16.1 Å². The lowest BCUT2D eigenvalue weighted by Gasteiger charge is -2.19. The van der Waals surface area contributed by atoms with Gasteiger partial charge in [-0.3, -0.25) is 14.5 Å². The molecule has 1 fully saturated rings. The molecule has 1 aromatic carbocycles. The van der Waals surface area contributed by atoms with E-state index < -0.39 is 0 Å². The van der Waals surface area contributed by atoms with Gasteiger partial charge in [-0.1, -0.05) is 56.0 Å². The summed E-state index contributed by atoms with van der Waals surface area (Å²) in [4.78, 5) is 29.6. The number of hydrogen-bond acceptors (Lipinski definition) is 4. The van der Waals surface area contributed by atoms with Crippen LogP contribution in [0.1, 0.15) is 33.3 Å². The molecular formula is C22H27N3O2S2. The monoisotopic (exact) mass is 429 g/mol. The highest BCUT2D eigenvalue weighted by molar-refractivity contribution is 8.26. The van der Waals surface area contributed by atoms with Crippen LogP contribution >= 0.6 is 24.0 Å². The van der Waals surface area contributed by atoms with Crippen molar-refractivity contribution >= 4 is 57.1 Å². The molecule has 0 N–H and O–H groups in total. The van der Waals surface area contributed by atoms with Crippen molar-refractivity contribution in [2.24, 2.45) is 5.92 Å². The average molecular weight is 430 g/mol. The van der Waals surface area contributed by atoms with Crippen LogP contribution in [0.15, 0.2) is 35.4 Å². The third-order valence-corrected chi connectivity index (χ3v) is 6.33. The van der Waals surface area contributed by atoms with Crippen LogP contribution in [0.2, 0.25) is 0 Å². The highest BCUT2D eigenvalue weighted by Gasteiger charge is 2.32. The van der Waals surface area contributed by atoms with Crippen molar-refractivity contribution < 1.29 is 9.59 Å². The van der Waals surface area contributed by atoms with Gasteiger partial charge in [0.25, 0.3) is 5.91 Å². The second kappa shape index (κ2) is 9.13. The molecule has 1 aromatic heterocycles. The minimum absolute atomic E-state index is 0.0373. The average Bonchev–Trinajstić information content (AvgIpc) is 3.15. The molecule has 0 radical (unpaired) electrons. The molecule has 7 heteroatoms. The first-order valence-electron chi connectivity index (χ1n) is 9.96. The summed E-state index contributed by atoms with van der Waals surface area (Å²) in [5.41, 5.74) is 1.91. The van der Waals surface area contributed by atoms with E-state index in [-0.39, 0.29) is 18.4 Å². The van der Waals surface area contributed by atoms with Gasteiger partial charge in [0, 0.05) is 42.3 Å². The fourth-order valence-electron chi connectivity index (χ4n) is 3.51. The summed E-state index contributed by atoms with van der Waals surface area (Å²) >= 11 is 6.76.